The lowest BCUT2D eigenvalue weighted by Gasteiger charge is -2.36. The molecule has 3 rings (SSSR count). The van der Waals surface area contributed by atoms with E-state index in [2.05, 4.69) is 0 Å². The molecule has 26 heavy (non-hydrogen) atoms. The van der Waals surface area contributed by atoms with Crippen molar-refractivity contribution in [2.75, 3.05) is 37.7 Å². The molecule has 0 spiro atoms. The van der Waals surface area contributed by atoms with Crippen LogP contribution in [0, 0.1) is 17.1 Å². The van der Waals surface area contributed by atoms with Crippen LogP contribution in [0.15, 0.2) is 42.5 Å². The molecule has 0 radical (unpaired) electrons. The number of piperazine rings is 1. The van der Waals surface area contributed by atoms with E-state index >= 15 is 0 Å². The lowest BCUT2D eigenvalue weighted by atomic mass is 10.1. The van der Waals surface area contributed by atoms with Gasteiger partial charge in [0.05, 0.1) is 11.3 Å². The molecule has 2 aromatic carbocycles. The number of amides is 1. The van der Waals surface area contributed by atoms with Gasteiger partial charge in [-0.05, 0) is 42.5 Å². The highest BCUT2D eigenvalue weighted by Crippen LogP contribution is 2.22. The number of ether oxygens (including phenoxy) is 1. The van der Waals surface area contributed by atoms with Gasteiger partial charge in [0.1, 0.15) is 17.6 Å². The summed E-state index contributed by atoms with van der Waals surface area (Å²) in [5.41, 5.74) is 0.995. The molecular weight excluding hydrogens is 357 g/mol. The van der Waals surface area contributed by atoms with Crippen LogP contribution in [0.2, 0.25) is 5.02 Å². The van der Waals surface area contributed by atoms with Crippen LogP contribution in [0.5, 0.6) is 5.75 Å². The largest absolute Gasteiger partial charge is 0.484 e. The van der Waals surface area contributed by atoms with E-state index in [1.165, 1.54) is 12.1 Å². The highest BCUT2D eigenvalue weighted by atomic mass is 35.5. The Kier molecular flexibility index (Phi) is 5.59. The van der Waals surface area contributed by atoms with E-state index in [4.69, 9.17) is 16.3 Å². The van der Waals surface area contributed by atoms with Crippen molar-refractivity contribution in [1.29, 1.82) is 5.26 Å². The lowest BCUT2D eigenvalue weighted by Crippen LogP contribution is -2.50. The SMILES string of the molecule is N#Cc1cc(F)ccc1N1CCN(C(=O)COc2ccc(Cl)cc2)CC1. The van der Waals surface area contributed by atoms with Crippen LogP contribution >= 0.6 is 11.6 Å². The number of halogens is 2. The fraction of sp³-hybridized carbons (Fsp3) is 0.263. The molecule has 0 saturated carbocycles. The lowest BCUT2D eigenvalue weighted by molar-refractivity contribution is -0.133. The molecule has 0 atom stereocenters. The van der Waals surface area contributed by atoms with Crippen LogP contribution in [-0.2, 0) is 4.79 Å². The van der Waals surface area contributed by atoms with Gasteiger partial charge in [-0.1, -0.05) is 11.6 Å². The Morgan fingerprint density at radius 1 is 1.15 bits per heavy atom. The molecule has 0 aliphatic carbocycles. The third-order valence-corrected chi connectivity index (χ3v) is 4.48. The number of nitriles is 1. The second-order valence-electron chi connectivity index (χ2n) is 5.88. The Morgan fingerprint density at radius 2 is 1.85 bits per heavy atom. The van der Waals surface area contributed by atoms with Crippen molar-refractivity contribution in [3.63, 3.8) is 0 Å². The van der Waals surface area contributed by atoms with Gasteiger partial charge in [0, 0.05) is 31.2 Å². The van der Waals surface area contributed by atoms with Gasteiger partial charge < -0.3 is 14.5 Å². The first kappa shape index (κ1) is 18.0. The van der Waals surface area contributed by atoms with Crippen molar-refractivity contribution >= 4 is 23.2 Å². The molecule has 0 bridgehead atoms. The van der Waals surface area contributed by atoms with E-state index in [0.717, 1.165) is 0 Å². The topological polar surface area (TPSA) is 56.6 Å². The monoisotopic (exact) mass is 373 g/mol. The number of benzene rings is 2. The second kappa shape index (κ2) is 8.07. The Labute approximate surface area is 156 Å². The van der Waals surface area contributed by atoms with Crippen molar-refractivity contribution in [3.05, 3.63) is 58.9 Å². The average molecular weight is 374 g/mol. The summed E-state index contributed by atoms with van der Waals surface area (Å²) >= 11 is 5.81. The number of carbonyl (C=O) groups excluding carboxylic acids is 1. The maximum atomic E-state index is 13.3. The first-order valence-electron chi connectivity index (χ1n) is 8.17. The summed E-state index contributed by atoms with van der Waals surface area (Å²) in [5, 5.41) is 9.79. The molecule has 1 saturated heterocycles. The highest BCUT2D eigenvalue weighted by molar-refractivity contribution is 6.30. The van der Waals surface area contributed by atoms with Crippen molar-refractivity contribution < 1.29 is 13.9 Å². The molecule has 1 amide bonds. The smallest absolute Gasteiger partial charge is 0.260 e. The summed E-state index contributed by atoms with van der Waals surface area (Å²) in [7, 11) is 0. The Hall–Kier alpha value is -2.78. The van der Waals surface area contributed by atoms with Gasteiger partial charge in [0.25, 0.3) is 5.91 Å². The molecule has 7 heteroatoms. The summed E-state index contributed by atoms with van der Waals surface area (Å²) in [4.78, 5) is 16.0. The molecule has 134 valence electrons. The van der Waals surface area contributed by atoms with Gasteiger partial charge in [-0.15, -0.1) is 0 Å². The summed E-state index contributed by atoms with van der Waals surface area (Å²) in [6, 6.07) is 13.0. The van der Waals surface area contributed by atoms with Gasteiger partial charge in [0.2, 0.25) is 0 Å². The number of nitrogens with zero attached hydrogens (tertiary/aromatic N) is 3. The van der Waals surface area contributed by atoms with E-state index in [9.17, 15) is 14.4 Å². The first-order valence-corrected chi connectivity index (χ1v) is 8.55. The van der Waals surface area contributed by atoms with Crippen LogP contribution in [0.25, 0.3) is 0 Å². The number of anilines is 1. The predicted octanol–water partition coefficient (Wildman–Crippen LogP) is 3.08. The van der Waals surface area contributed by atoms with Crippen molar-refractivity contribution in [1.82, 2.24) is 4.90 Å². The van der Waals surface area contributed by atoms with E-state index in [0.29, 0.717) is 48.2 Å². The number of hydrogen-bond donors (Lipinski definition) is 0. The summed E-state index contributed by atoms with van der Waals surface area (Å²) in [5.74, 6) is 0.0593. The van der Waals surface area contributed by atoms with Gasteiger partial charge in [0.15, 0.2) is 6.61 Å². The molecule has 5 nitrogen and oxygen atoms in total. The van der Waals surface area contributed by atoms with E-state index < -0.39 is 5.82 Å². The zero-order valence-electron chi connectivity index (χ0n) is 14.0. The van der Waals surface area contributed by atoms with E-state index in [1.807, 2.05) is 11.0 Å². The van der Waals surface area contributed by atoms with E-state index in [1.54, 1.807) is 35.2 Å². The third kappa shape index (κ3) is 4.24. The maximum absolute atomic E-state index is 13.3. The minimum absolute atomic E-state index is 0.0401. The fourth-order valence-corrected chi connectivity index (χ4v) is 2.96. The molecular formula is C19H17ClFN3O2. The quantitative estimate of drug-likeness (QED) is 0.826. The second-order valence-corrected chi connectivity index (χ2v) is 6.32. The standard InChI is InChI=1S/C19H17ClFN3O2/c20-15-1-4-17(5-2-15)26-13-19(25)24-9-7-23(8-10-24)18-6-3-16(21)11-14(18)12-22/h1-6,11H,7-10,13H2. The number of rotatable bonds is 4. The first-order chi connectivity index (χ1) is 12.6. The summed E-state index contributed by atoms with van der Waals surface area (Å²) < 4.78 is 18.8. The van der Waals surface area contributed by atoms with Crippen LogP contribution < -0.4 is 9.64 Å². The van der Waals surface area contributed by atoms with Crippen molar-refractivity contribution in [3.8, 4) is 11.8 Å². The molecule has 1 fully saturated rings. The average Bonchev–Trinajstić information content (AvgIpc) is 2.67. The Balaban J connectivity index is 1.54. The number of hydrogen-bond acceptors (Lipinski definition) is 4. The van der Waals surface area contributed by atoms with Crippen LogP contribution in [0.4, 0.5) is 10.1 Å². The van der Waals surface area contributed by atoms with Crippen molar-refractivity contribution in [2.24, 2.45) is 0 Å². The molecule has 0 N–H and O–H groups in total. The van der Waals surface area contributed by atoms with Gasteiger partial charge in [-0.25, -0.2) is 4.39 Å². The van der Waals surface area contributed by atoms with Crippen LogP contribution in [0.3, 0.4) is 0 Å². The van der Waals surface area contributed by atoms with Crippen LogP contribution in [-0.4, -0.2) is 43.6 Å². The minimum atomic E-state index is -0.432. The molecule has 1 aliphatic heterocycles. The normalized spacial score (nSPS) is 14.0. The van der Waals surface area contributed by atoms with E-state index in [-0.39, 0.29) is 12.5 Å². The van der Waals surface area contributed by atoms with Crippen molar-refractivity contribution in [2.45, 2.75) is 0 Å². The fourth-order valence-electron chi connectivity index (χ4n) is 2.84. The van der Waals surface area contributed by atoms with Gasteiger partial charge >= 0.3 is 0 Å². The zero-order chi connectivity index (χ0) is 18.5. The van der Waals surface area contributed by atoms with Gasteiger partial charge in [-0.2, -0.15) is 5.26 Å². The summed E-state index contributed by atoms with van der Waals surface area (Å²) in [6.45, 7) is 2.15. The molecule has 0 unspecified atom stereocenters. The third-order valence-electron chi connectivity index (χ3n) is 4.23. The molecule has 1 heterocycles. The minimum Gasteiger partial charge on any atom is -0.484 e. The van der Waals surface area contributed by atoms with Gasteiger partial charge in [-0.3, -0.25) is 4.79 Å². The number of carbonyl (C=O) groups is 1. The summed E-state index contributed by atoms with van der Waals surface area (Å²) in [6.07, 6.45) is 0. The molecule has 0 aromatic heterocycles. The molecule has 1 aliphatic rings. The maximum Gasteiger partial charge on any atom is 0.260 e. The predicted molar refractivity (Wildman–Crippen MR) is 96.9 cm³/mol. The van der Waals surface area contributed by atoms with Crippen LogP contribution in [0.1, 0.15) is 5.56 Å². The highest BCUT2D eigenvalue weighted by Gasteiger charge is 2.23. The molecule has 2 aromatic rings. The zero-order valence-corrected chi connectivity index (χ0v) is 14.7. The Morgan fingerprint density at radius 3 is 2.50 bits per heavy atom. The Bertz CT molecular complexity index is 828.